The second kappa shape index (κ2) is 14.2. The van der Waals surface area contributed by atoms with E-state index in [0.717, 1.165) is 51.2 Å². The number of likely N-dealkylation sites (tertiary alicyclic amines) is 1. The molecule has 2 atom stereocenters. The van der Waals surface area contributed by atoms with E-state index in [4.69, 9.17) is 29.3 Å². The lowest BCUT2D eigenvalue weighted by Crippen LogP contribution is -2.45. The topological polar surface area (TPSA) is 99.5 Å². The maximum atomic E-state index is 13.1. The standard InChI is InChI=1S/C20H29FN2O2.2C2HF3O2/c21-18-5-3-17(4-6-18)13-23-11-12-24-16-20(15-23)8-7-19(25-20)14-22-9-1-2-10-22;2*3-2(4,5)1(6)7/h3-6,19H,1-2,7-16H2;2*(H,6,7). The molecule has 8 nitrogen and oxygen atoms in total. The van der Waals surface area contributed by atoms with Gasteiger partial charge in [-0.2, -0.15) is 26.3 Å². The molecule has 0 aromatic heterocycles. The number of ether oxygens (including phenoxy) is 2. The van der Waals surface area contributed by atoms with Crippen molar-refractivity contribution in [2.75, 3.05) is 45.9 Å². The highest BCUT2D eigenvalue weighted by molar-refractivity contribution is 5.73. The van der Waals surface area contributed by atoms with Crippen LogP contribution < -0.4 is 0 Å². The van der Waals surface area contributed by atoms with Gasteiger partial charge in [0.25, 0.3) is 0 Å². The summed E-state index contributed by atoms with van der Waals surface area (Å²) in [6.07, 6.45) is -4.97. The van der Waals surface area contributed by atoms with E-state index in [1.807, 2.05) is 12.1 Å². The molecule has 1 aromatic rings. The first kappa shape index (κ1) is 32.7. The molecule has 0 aliphatic carbocycles. The van der Waals surface area contributed by atoms with Crippen LogP contribution in [-0.4, -0.2) is 102 Å². The van der Waals surface area contributed by atoms with Gasteiger partial charge in [0.1, 0.15) is 11.4 Å². The highest BCUT2D eigenvalue weighted by Crippen LogP contribution is 2.34. The summed E-state index contributed by atoms with van der Waals surface area (Å²) in [5, 5.41) is 14.2. The van der Waals surface area contributed by atoms with Crippen LogP contribution in [0.1, 0.15) is 31.2 Å². The van der Waals surface area contributed by atoms with Gasteiger partial charge in [-0.3, -0.25) is 4.90 Å². The zero-order valence-electron chi connectivity index (χ0n) is 20.9. The van der Waals surface area contributed by atoms with Crippen LogP contribution in [0.4, 0.5) is 30.7 Å². The third kappa shape index (κ3) is 11.6. The number of rotatable bonds is 4. The molecule has 3 fully saturated rings. The molecule has 222 valence electrons. The Balaban J connectivity index is 0.000000317. The smallest absolute Gasteiger partial charge is 0.475 e. The number of hydrogen-bond acceptors (Lipinski definition) is 6. The minimum atomic E-state index is -5.08. The van der Waals surface area contributed by atoms with Crippen LogP contribution in [0, 0.1) is 5.82 Å². The predicted octanol–water partition coefficient (Wildman–Crippen LogP) is 3.94. The van der Waals surface area contributed by atoms with Gasteiger partial charge in [0.05, 0.1) is 19.3 Å². The minimum absolute atomic E-state index is 0.166. The van der Waals surface area contributed by atoms with Gasteiger partial charge in [-0.25, -0.2) is 14.0 Å². The Bertz CT molecular complexity index is 899. The second-order valence-corrected chi connectivity index (χ2v) is 9.46. The molecule has 3 aliphatic heterocycles. The van der Waals surface area contributed by atoms with Gasteiger partial charge in [0.2, 0.25) is 0 Å². The fraction of sp³-hybridized carbons (Fsp3) is 0.667. The van der Waals surface area contributed by atoms with Crippen molar-refractivity contribution in [1.82, 2.24) is 9.80 Å². The van der Waals surface area contributed by atoms with Crippen LogP contribution in [0.2, 0.25) is 0 Å². The van der Waals surface area contributed by atoms with Crippen molar-refractivity contribution >= 4 is 11.9 Å². The molecule has 15 heteroatoms. The molecule has 0 saturated carbocycles. The molecule has 4 rings (SSSR count). The fourth-order valence-corrected chi connectivity index (χ4v) is 4.47. The van der Waals surface area contributed by atoms with Gasteiger partial charge < -0.3 is 24.6 Å². The van der Waals surface area contributed by atoms with Crippen molar-refractivity contribution in [2.45, 2.75) is 56.3 Å². The monoisotopic (exact) mass is 576 g/mol. The number of halogens is 7. The van der Waals surface area contributed by atoms with Gasteiger partial charge in [-0.15, -0.1) is 0 Å². The van der Waals surface area contributed by atoms with Crippen molar-refractivity contribution in [3.05, 3.63) is 35.6 Å². The van der Waals surface area contributed by atoms with Crippen LogP contribution in [0.25, 0.3) is 0 Å². The van der Waals surface area contributed by atoms with Crippen molar-refractivity contribution in [2.24, 2.45) is 0 Å². The Labute approximate surface area is 220 Å². The summed E-state index contributed by atoms with van der Waals surface area (Å²) in [5.41, 5.74) is 0.978. The minimum Gasteiger partial charge on any atom is -0.475 e. The highest BCUT2D eigenvalue weighted by atomic mass is 19.4. The number of alkyl halides is 6. The maximum Gasteiger partial charge on any atom is 0.490 e. The van der Waals surface area contributed by atoms with Gasteiger partial charge in [-0.05, 0) is 56.5 Å². The number of nitrogens with zero attached hydrogens (tertiary/aromatic N) is 2. The first-order valence-electron chi connectivity index (χ1n) is 12.1. The number of benzene rings is 1. The molecular formula is C24H31F7N2O6. The lowest BCUT2D eigenvalue weighted by atomic mass is 9.99. The van der Waals surface area contributed by atoms with E-state index in [1.165, 1.54) is 38.1 Å². The van der Waals surface area contributed by atoms with Crippen molar-refractivity contribution in [3.63, 3.8) is 0 Å². The number of hydrogen-bond donors (Lipinski definition) is 2. The Morgan fingerprint density at radius 1 is 0.923 bits per heavy atom. The Hall–Kier alpha value is -2.49. The van der Waals surface area contributed by atoms with E-state index >= 15 is 0 Å². The molecule has 0 radical (unpaired) electrons. The number of carboxylic acid groups (broad SMARTS) is 2. The van der Waals surface area contributed by atoms with Gasteiger partial charge in [0.15, 0.2) is 0 Å². The lowest BCUT2D eigenvalue weighted by Gasteiger charge is -2.32. The summed E-state index contributed by atoms with van der Waals surface area (Å²) in [6, 6.07) is 6.83. The molecule has 39 heavy (non-hydrogen) atoms. The van der Waals surface area contributed by atoms with E-state index in [2.05, 4.69) is 9.80 Å². The first-order chi connectivity index (χ1) is 18.1. The molecule has 3 aliphatic rings. The van der Waals surface area contributed by atoms with Crippen LogP contribution in [0.15, 0.2) is 24.3 Å². The van der Waals surface area contributed by atoms with Gasteiger partial charge >= 0.3 is 24.3 Å². The summed E-state index contributed by atoms with van der Waals surface area (Å²) in [6.45, 7) is 7.58. The van der Waals surface area contributed by atoms with E-state index in [1.54, 1.807) is 0 Å². The number of carbonyl (C=O) groups is 2. The summed E-state index contributed by atoms with van der Waals surface area (Å²) < 4.78 is 89.0. The molecule has 1 aromatic carbocycles. The average molecular weight is 577 g/mol. The predicted molar refractivity (Wildman–Crippen MR) is 122 cm³/mol. The van der Waals surface area contributed by atoms with Crippen LogP contribution >= 0.6 is 0 Å². The maximum absolute atomic E-state index is 13.1. The first-order valence-corrected chi connectivity index (χ1v) is 12.1. The molecule has 1 spiro atoms. The average Bonchev–Trinajstić information content (AvgIpc) is 3.43. The summed E-state index contributed by atoms with van der Waals surface area (Å²) in [7, 11) is 0. The van der Waals surface area contributed by atoms with Gasteiger partial charge in [-0.1, -0.05) is 12.1 Å². The quantitative estimate of drug-likeness (QED) is 0.521. The van der Waals surface area contributed by atoms with Crippen molar-refractivity contribution in [1.29, 1.82) is 0 Å². The molecular weight excluding hydrogens is 545 g/mol. The third-order valence-corrected chi connectivity index (χ3v) is 6.23. The summed E-state index contributed by atoms with van der Waals surface area (Å²) in [5.74, 6) is -5.69. The summed E-state index contributed by atoms with van der Waals surface area (Å²) in [4.78, 5) is 22.7. The Morgan fingerprint density at radius 2 is 1.46 bits per heavy atom. The fourth-order valence-electron chi connectivity index (χ4n) is 4.47. The molecule has 3 heterocycles. The van der Waals surface area contributed by atoms with E-state index in [0.29, 0.717) is 12.7 Å². The number of aliphatic carboxylic acids is 2. The lowest BCUT2D eigenvalue weighted by molar-refractivity contribution is -0.193. The SMILES string of the molecule is Fc1ccc(CN2CCOCC3(CCC(CN4CCCC4)O3)C2)cc1.O=C(O)C(F)(F)F.O=C(O)C(F)(F)F. The van der Waals surface area contributed by atoms with Crippen LogP contribution in [-0.2, 0) is 25.6 Å². The summed E-state index contributed by atoms with van der Waals surface area (Å²) >= 11 is 0. The molecule has 3 saturated heterocycles. The Morgan fingerprint density at radius 3 is 1.97 bits per heavy atom. The van der Waals surface area contributed by atoms with E-state index < -0.39 is 24.3 Å². The zero-order valence-corrected chi connectivity index (χ0v) is 20.9. The highest BCUT2D eigenvalue weighted by Gasteiger charge is 2.43. The normalized spacial score (nSPS) is 24.3. The van der Waals surface area contributed by atoms with Crippen molar-refractivity contribution in [3.8, 4) is 0 Å². The second-order valence-electron chi connectivity index (χ2n) is 9.46. The van der Waals surface area contributed by atoms with E-state index in [9.17, 15) is 30.7 Å². The third-order valence-electron chi connectivity index (χ3n) is 6.23. The van der Waals surface area contributed by atoms with Crippen molar-refractivity contribution < 1.29 is 60.0 Å². The van der Waals surface area contributed by atoms with Crippen LogP contribution in [0.3, 0.4) is 0 Å². The molecule has 0 bridgehead atoms. The molecule has 2 unspecified atom stereocenters. The van der Waals surface area contributed by atoms with Crippen LogP contribution in [0.5, 0.6) is 0 Å². The zero-order chi connectivity index (χ0) is 29.3. The Kier molecular flexibility index (Phi) is 11.9. The molecule has 0 amide bonds. The van der Waals surface area contributed by atoms with Gasteiger partial charge in [0, 0.05) is 26.2 Å². The van der Waals surface area contributed by atoms with E-state index in [-0.39, 0.29) is 11.4 Å². The largest absolute Gasteiger partial charge is 0.490 e. The number of carboxylic acids is 2. The molecule has 2 N–H and O–H groups in total.